The second-order valence-electron chi connectivity index (χ2n) is 4.95. The maximum Gasteiger partial charge on any atom is 0.222 e. The van der Waals surface area contributed by atoms with E-state index in [1.165, 1.54) is 12.1 Å². The van der Waals surface area contributed by atoms with Crippen LogP contribution in [0.5, 0.6) is 5.75 Å². The fourth-order valence-electron chi connectivity index (χ4n) is 2.01. The van der Waals surface area contributed by atoms with E-state index in [1.54, 1.807) is 23.9 Å². The van der Waals surface area contributed by atoms with Crippen LogP contribution in [0.2, 0.25) is 0 Å². The highest BCUT2D eigenvalue weighted by Crippen LogP contribution is 2.39. The van der Waals surface area contributed by atoms with Crippen LogP contribution in [0.4, 0.5) is 10.3 Å². The highest BCUT2D eigenvalue weighted by atomic mass is 32.2. The summed E-state index contributed by atoms with van der Waals surface area (Å²) in [7, 11) is 0. The maximum absolute atomic E-state index is 12.7. The molecular formula is C14H17FN4OS. The number of nitrogens with zero attached hydrogens (tertiary/aromatic N) is 3. The molecule has 5 nitrogen and oxygen atoms in total. The first-order valence-corrected chi connectivity index (χ1v) is 7.94. The minimum Gasteiger partial charge on any atom is -0.494 e. The van der Waals surface area contributed by atoms with Crippen LogP contribution in [0.1, 0.15) is 25.3 Å². The Morgan fingerprint density at radius 3 is 2.76 bits per heavy atom. The number of nitrogens with two attached hydrogens (primary N) is 1. The van der Waals surface area contributed by atoms with Gasteiger partial charge in [-0.3, -0.25) is 4.57 Å². The average Bonchev–Trinajstić information content (AvgIpc) is 3.25. The van der Waals surface area contributed by atoms with E-state index in [9.17, 15) is 4.39 Å². The standard InChI is InChI=1S/C14H17FN4OS/c15-10-2-6-12(7-3-10)20-8-1-9-21-14-18-17-13(16)19(14)11-4-5-11/h2-3,6-7,11H,1,4-5,8-9H2,(H2,16,17). The fourth-order valence-corrected chi connectivity index (χ4v) is 2.93. The zero-order valence-electron chi connectivity index (χ0n) is 11.5. The van der Waals surface area contributed by atoms with E-state index < -0.39 is 0 Å². The maximum atomic E-state index is 12.7. The van der Waals surface area contributed by atoms with Gasteiger partial charge in [0.2, 0.25) is 5.95 Å². The lowest BCUT2D eigenvalue weighted by Crippen LogP contribution is -2.03. The van der Waals surface area contributed by atoms with Gasteiger partial charge in [-0.1, -0.05) is 11.8 Å². The second-order valence-corrected chi connectivity index (χ2v) is 6.01. The quantitative estimate of drug-likeness (QED) is 0.629. The molecule has 1 fully saturated rings. The molecule has 1 aromatic carbocycles. The van der Waals surface area contributed by atoms with Crippen LogP contribution in [0.15, 0.2) is 29.4 Å². The summed E-state index contributed by atoms with van der Waals surface area (Å²) >= 11 is 1.64. The Balaban J connectivity index is 1.41. The Morgan fingerprint density at radius 2 is 2.05 bits per heavy atom. The summed E-state index contributed by atoms with van der Waals surface area (Å²) in [6.07, 6.45) is 3.19. The summed E-state index contributed by atoms with van der Waals surface area (Å²) in [5.41, 5.74) is 5.82. The monoisotopic (exact) mass is 308 g/mol. The first-order chi connectivity index (χ1) is 10.2. The minimum atomic E-state index is -0.255. The molecule has 1 aliphatic rings. The number of hydrogen-bond donors (Lipinski definition) is 1. The number of benzene rings is 1. The van der Waals surface area contributed by atoms with Gasteiger partial charge in [-0.15, -0.1) is 10.2 Å². The largest absolute Gasteiger partial charge is 0.494 e. The van der Waals surface area contributed by atoms with Gasteiger partial charge in [-0.05, 0) is 43.5 Å². The normalized spacial score (nSPS) is 14.3. The molecule has 21 heavy (non-hydrogen) atoms. The molecule has 1 aliphatic carbocycles. The molecule has 7 heteroatoms. The molecular weight excluding hydrogens is 291 g/mol. The predicted molar refractivity (Wildman–Crippen MR) is 79.9 cm³/mol. The van der Waals surface area contributed by atoms with E-state index in [-0.39, 0.29) is 5.82 Å². The summed E-state index contributed by atoms with van der Waals surface area (Å²) in [6.45, 7) is 0.589. The van der Waals surface area contributed by atoms with Crippen LogP contribution in [0.25, 0.3) is 0 Å². The second kappa shape index (κ2) is 6.34. The number of thioether (sulfide) groups is 1. The molecule has 0 atom stereocenters. The van der Waals surface area contributed by atoms with Gasteiger partial charge in [0.1, 0.15) is 11.6 Å². The van der Waals surface area contributed by atoms with Crippen molar-refractivity contribution in [3.05, 3.63) is 30.1 Å². The van der Waals surface area contributed by atoms with E-state index in [1.807, 2.05) is 4.57 Å². The Labute approximate surface area is 126 Å². The van der Waals surface area contributed by atoms with Crippen LogP contribution in [0.3, 0.4) is 0 Å². The first-order valence-electron chi connectivity index (χ1n) is 6.95. The third-order valence-electron chi connectivity index (χ3n) is 3.21. The molecule has 0 saturated heterocycles. The Hall–Kier alpha value is -1.76. The summed E-state index contributed by atoms with van der Waals surface area (Å²) in [4.78, 5) is 0. The topological polar surface area (TPSA) is 66.0 Å². The number of ether oxygens (including phenoxy) is 1. The van der Waals surface area contributed by atoms with E-state index >= 15 is 0 Å². The van der Waals surface area contributed by atoms with Crippen molar-refractivity contribution >= 4 is 17.7 Å². The summed E-state index contributed by atoms with van der Waals surface area (Å²) in [5.74, 6) is 1.82. The predicted octanol–water partition coefficient (Wildman–Crippen LogP) is 2.90. The third kappa shape index (κ3) is 3.66. The SMILES string of the molecule is Nc1nnc(SCCCOc2ccc(F)cc2)n1C1CC1. The lowest BCUT2D eigenvalue weighted by atomic mass is 10.3. The van der Waals surface area contributed by atoms with Crippen molar-refractivity contribution in [2.75, 3.05) is 18.1 Å². The van der Waals surface area contributed by atoms with Crippen LogP contribution in [-0.2, 0) is 0 Å². The van der Waals surface area contributed by atoms with Gasteiger partial charge in [0.05, 0.1) is 6.61 Å². The van der Waals surface area contributed by atoms with Crippen molar-refractivity contribution in [2.45, 2.75) is 30.5 Å². The number of hydrogen-bond acceptors (Lipinski definition) is 5. The first kappa shape index (κ1) is 14.2. The molecule has 0 bridgehead atoms. The Bertz CT molecular complexity index is 598. The lowest BCUT2D eigenvalue weighted by Gasteiger charge is -2.07. The van der Waals surface area contributed by atoms with E-state index in [4.69, 9.17) is 10.5 Å². The molecule has 2 aromatic rings. The third-order valence-corrected chi connectivity index (χ3v) is 4.23. The number of rotatable bonds is 7. The average molecular weight is 308 g/mol. The lowest BCUT2D eigenvalue weighted by molar-refractivity contribution is 0.318. The van der Waals surface area contributed by atoms with E-state index in [2.05, 4.69) is 10.2 Å². The number of nitrogen functional groups attached to an aromatic ring is 1. The van der Waals surface area contributed by atoms with Crippen molar-refractivity contribution in [3.8, 4) is 5.75 Å². The van der Waals surface area contributed by atoms with Crippen LogP contribution < -0.4 is 10.5 Å². The van der Waals surface area contributed by atoms with Crippen molar-refractivity contribution in [1.29, 1.82) is 0 Å². The summed E-state index contributed by atoms with van der Waals surface area (Å²) in [5, 5.41) is 8.93. The smallest absolute Gasteiger partial charge is 0.222 e. The van der Waals surface area contributed by atoms with Gasteiger partial charge < -0.3 is 10.5 Å². The highest BCUT2D eigenvalue weighted by molar-refractivity contribution is 7.99. The molecule has 0 radical (unpaired) electrons. The number of anilines is 1. The summed E-state index contributed by atoms with van der Waals surface area (Å²) in [6, 6.07) is 6.54. The number of halogens is 1. The van der Waals surface area contributed by atoms with E-state index in [0.29, 0.717) is 24.3 Å². The molecule has 1 aromatic heterocycles. The van der Waals surface area contributed by atoms with Crippen molar-refractivity contribution in [1.82, 2.24) is 14.8 Å². The van der Waals surface area contributed by atoms with Crippen LogP contribution in [-0.4, -0.2) is 27.1 Å². The molecule has 0 spiro atoms. The molecule has 1 saturated carbocycles. The zero-order chi connectivity index (χ0) is 14.7. The van der Waals surface area contributed by atoms with Crippen molar-refractivity contribution < 1.29 is 9.13 Å². The van der Waals surface area contributed by atoms with Gasteiger partial charge in [-0.2, -0.15) is 0 Å². The molecule has 2 N–H and O–H groups in total. The zero-order valence-corrected chi connectivity index (χ0v) is 12.4. The minimum absolute atomic E-state index is 0.255. The highest BCUT2D eigenvalue weighted by Gasteiger charge is 2.28. The fraction of sp³-hybridized carbons (Fsp3) is 0.429. The molecule has 0 aliphatic heterocycles. The Kier molecular flexibility index (Phi) is 4.28. The molecule has 3 rings (SSSR count). The van der Waals surface area contributed by atoms with Gasteiger partial charge in [0.15, 0.2) is 5.16 Å². The molecule has 112 valence electrons. The molecule has 1 heterocycles. The molecule has 0 amide bonds. The van der Waals surface area contributed by atoms with Gasteiger partial charge >= 0.3 is 0 Å². The van der Waals surface area contributed by atoms with Gasteiger partial charge in [-0.25, -0.2) is 4.39 Å². The van der Waals surface area contributed by atoms with Crippen molar-refractivity contribution in [2.24, 2.45) is 0 Å². The van der Waals surface area contributed by atoms with Crippen LogP contribution >= 0.6 is 11.8 Å². The molecule has 0 unspecified atom stereocenters. The van der Waals surface area contributed by atoms with Crippen molar-refractivity contribution in [3.63, 3.8) is 0 Å². The van der Waals surface area contributed by atoms with E-state index in [0.717, 1.165) is 30.2 Å². The Morgan fingerprint density at radius 1 is 1.29 bits per heavy atom. The van der Waals surface area contributed by atoms with Gasteiger partial charge in [0.25, 0.3) is 0 Å². The summed E-state index contributed by atoms with van der Waals surface area (Å²) < 4.78 is 20.3. The number of aromatic nitrogens is 3. The van der Waals surface area contributed by atoms with Crippen LogP contribution in [0, 0.1) is 5.82 Å². The van der Waals surface area contributed by atoms with Gasteiger partial charge in [0, 0.05) is 11.8 Å².